The molecule has 0 radical (unpaired) electrons. The van der Waals surface area contributed by atoms with Crippen LogP contribution >= 0.6 is 0 Å². The van der Waals surface area contributed by atoms with Crippen molar-refractivity contribution >= 4 is 0 Å². The van der Waals surface area contributed by atoms with Crippen LogP contribution in [0.15, 0.2) is 0 Å². The molecule has 1 fully saturated rings. The molecule has 0 saturated carbocycles. The minimum absolute atomic E-state index is 0.392. The Balaban J connectivity index is 2.17. The number of hydrogen-bond donors (Lipinski definition) is 1. The fraction of sp³-hybridized carbons (Fsp3) is 0.643. The van der Waals surface area contributed by atoms with Gasteiger partial charge in [0.05, 0.1) is 12.3 Å². The van der Waals surface area contributed by atoms with Gasteiger partial charge >= 0.3 is 0 Å². The van der Waals surface area contributed by atoms with Crippen molar-refractivity contribution in [2.45, 2.75) is 33.1 Å². The van der Waals surface area contributed by atoms with Gasteiger partial charge < -0.3 is 10.1 Å². The molecule has 1 atom stereocenters. The average Bonchev–Trinajstić information content (AvgIpc) is 2.96. The van der Waals surface area contributed by atoms with Gasteiger partial charge in [-0.25, -0.2) is 0 Å². The van der Waals surface area contributed by atoms with Crippen LogP contribution in [0.2, 0.25) is 0 Å². The van der Waals surface area contributed by atoms with Crippen molar-refractivity contribution in [2.75, 3.05) is 19.7 Å². The van der Waals surface area contributed by atoms with Crippen LogP contribution in [0.4, 0.5) is 0 Å². The van der Waals surface area contributed by atoms with Crippen molar-refractivity contribution in [1.29, 1.82) is 5.26 Å². The van der Waals surface area contributed by atoms with Crippen molar-refractivity contribution in [1.82, 2.24) is 15.5 Å². The minimum atomic E-state index is 0.392. The smallest absolute Gasteiger partial charge is 0.251 e. The second kappa shape index (κ2) is 6.48. The molecule has 5 nitrogen and oxygen atoms in total. The van der Waals surface area contributed by atoms with E-state index in [0.717, 1.165) is 43.6 Å². The molecule has 1 unspecified atom stereocenters. The topological polar surface area (TPSA) is 70.8 Å². The third kappa shape index (κ3) is 3.02. The van der Waals surface area contributed by atoms with Gasteiger partial charge in [0, 0.05) is 12.5 Å². The lowest BCUT2D eigenvalue weighted by Gasteiger charge is -2.13. The lowest BCUT2D eigenvalue weighted by Crippen LogP contribution is -2.17. The van der Waals surface area contributed by atoms with E-state index in [9.17, 15) is 5.26 Å². The zero-order valence-corrected chi connectivity index (χ0v) is 11.6. The maximum Gasteiger partial charge on any atom is 0.251 e. The predicted molar refractivity (Wildman–Crippen MR) is 72.0 cm³/mol. The van der Waals surface area contributed by atoms with Gasteiger partial charge in [-0.3, -0.25) is 0 Å². The van der Waals surface area contributed by atoms with E-state index in [1.807, 2.05) is 13.8 Å². The zero-order valence-electron chi connectivity index (χ0n) is 11.6. The summed E-state index contributed by atoms with van der Waals surface area (Å²) in [5, 5.41) is 20.9. The first-order chi connectivity index (χ1) is 9.30. The number of nitrogens with zero attached hydrogens (tertiary/aromatic N) is 3. The van der Waals surface area contributed by atoms with E-state index >= 15 is 0 Å². The summed E-state index contributed by atoms with van der Waals surface area (Å²) in [4.78, 5) is 0. The van der Waals surface area contributed by atoms with E-state index in [0.29, 0.717) is 24.0 Å². The van der Waals surface area contributed by atoms with E-state index in [4.69, 9.17) is 4.74 Å². The first kappa shape index (κ1) is 13.8. The summed E-state index contributed by atoms with van der Waals surface area (Å²) in [6.45, 7) is 6.67. The standard InChI is InChI=1S/C14H20N4O/c1-3-11-12(7-15)14(18-17-13(11)4-2)19-9-10-5-6-16-8-10/h10,16H,3-6,8-9H2,1-2H3. The quantitative estimate of drug-likeness (QED) is 0.868. The number of nitrogens with one attached hydrogen (secondary N) is 1. The van der Waals surface area contributed by atoms with Crippen LogP contribution in [0.1, 0.15) is 37.1 Å². The van der Waals surface area contributed by atoms with Crippen LogP contribution in [0.5, 0.6) is 5.88 Å². The minimum Gasteiger partial charge on any atom is -0.475 e. The Bertz CT molecular complexity index is 475. The maximum absolute atomic E-state index is 9.33. The second-order valence-corrected chi connectivity index (χ2v) is 4.79. The highest BCUT2D eigenvalue weighted by Gasteiger charge is 2.19. The largest absolute Gasteiger partial charge is 0.475 e. The van der Waals surface area contributed by atoms with E-state index in [2.05, 4.69) is 21.6 Å². The average molecular weight is 260 g/mol. The molecule has 1 aliphatic rings. The van der Waals surface area contributed by atoms with Crippen molar-refractivity contribution in [3.8, 4) is 11.9 Å². The number of aromatic nitrogens is 2. The molecular weight excluding hydrogens is 240 g/mol. The SMILES string of the molecule is CCc1nnc(OCC2CCNC2)c(C#N)c1CC. The number of ether oxygens (including phenoxy) is 1. The highest BCUT2D eigenvalue weighted by atomic mass is 16.5. The second-order valence-electron chi connectivity index (χ2n) is 4.79. The molecule has 0 amide bonds. The summed E-state index contributed by atoms with van der Waals surface area (Å²) in [7, 11) is 0. The van der Waals surface area contributed by atoms with Gasteiger partial charge in [0.25, 0.3) is 5.88 Å². The fourth-order valence-corrected chi connectivity index (χ4v) is 2.42. The van der Waals surface area contributed by atoms with E-state index in [1.54, 1.807) is 0 Å². The molecule has 2 rings (SSSR count). The lowest BCUT2D eigenvalue weighted by molar-refractivity contribution is 0.247. The van der Waals surface area contributed by atoms with Gasteiger partial charge in [-0.1, -0.05) is 13.8 Å². The maximum atomic E-state index is 9.33. The van der Waals surface area contributed by atoms with Crippen LogP contribution in [0, 0.1) is 17.2 Å². The number of hydrogen-bond acceptors (Lipinski definition) is 5. The van der Waals surface area contributed by atoms with Gasteiger partial charge in [0.15, 0.2) is 0 Å². The Labute approximate surface area is 114 Å². The van der Waals surface area contributed by atoms with E-state index < -0.39 is 0 Å². The molecule has 0 bridgehead atoms. The molecule has 2 heterocycles. The monoisotopic (exact) mass is 260 g/mol. The van der Waals surface area contributed by atoms with Gasteiger partial charge in [-0.2, -0.15) is 10.4 Å². The predicted octanol–water partition coefficient (Wildman–Crippen LogP) is 1.46. The zero-order chi connectivity index (χ0) is 13.7. The Hall–Kier alpha value is -1.67. The third-order valence-corrected chi connectivity index (χ3v) is 3.54. The summed E-state index contributed by atoms with van der Waals surface area (Å²) >= 11 is 0. The molecule has 1 aromatic rings. The molecule has 1 aliphatic heterocycles. The fourth-order valence-electron chi connectivity index (χ4n) is 2.42. The van der Waals surface area contributed by atoms with Crippen LogP contribution in [0.3, 0.4) is 0 Å². The molecule has 19 heavy (non-hydrogen) atoms. The molecule has 1 aromatic heterocycles. The van der Waals surface area contributed by atoms with Crippen molar-refractivity contribution in [2.24, 2.45) is 5.92 Å². The van der Waals surface area contributed by atoms with Crippen molar-refractivity contribution in [3.05, 3.63) is 16.8 Å². The Kier molecular flexibility index (Phi) is 4.69. The molecule has 1 saturated heterocycles. The molecule has 102 valence electrons. The molecule has 0 aromatic carbocycles. The number of nitriles is 1. The van der Waals surface area contributed by atoms with Gasteiger partial charge in [-0.05, 0) is 31.4 Å². The molecule has 0 spiro atoms. The Morgan fingerprint density at radius 1 is 1.37 bits per heavy atom. The lowest BCUT2D eigenvalue weighted by atomic mass is 10.0. The van der Waals surface area contributed by atoms with E-state index in [1.165, 1.54) is 0 Å². The number of aryl methyl sites for hydroxylation is 1. The summed E-state index contributed by atoms with van der Waals surface area (Å²) < 4.78 is 5.72. The summed E-state index contributed by atoms with van der Waals surface area (Å²) in [6.07, 6.45) is 2.68. The first-order valence-electron chi connectivity index (χ1n) is 6.92. The van der Waals surface area contributed by atoms with Crippen LogP contribution in [-0.4, -0.2) is 29.9 Å². The molecule has 5 heteroatoms. The highest BCUT2D eigenvalue weighted by molar-refractivity contribution is 5.46. The normalized spacial score (nSPS) is 18.3. The molecular formula is C14H20N4O. The van der Waals surface area contributed by atoms with E-state index in [-0.39, 0.29) is 0 Å². The van der Waals surface area contributed by atoms with Gasteiger partial charge in [0.1, 0.15) is 11.6 Å². The Morgan fingerprint density at radius 2 is 2.21 bits per heavy atom. The van der Waals surface area contributed by atoms with Crippen LogP contribution in [0.25, 0.3) is 0 Å². The number of rotatable bonds is 5. The van der Waals surface area contributed by atoms with Crippen molar-refractivity contribution < 1.29 is 4.74 Å². The van der Waals surface area contributed by atoms with Gasteiger partial charge in [0.2, 0.25) is 0 Å². The third-order valence-electron chi connectivity index (χ3n) is 3.54. The Morgan fingerprint density at radius 3 is 2.79 bits per heavy atom. The summed E-state index contributed by atoms with van der Waals surface area (Å²) in [5.41, 5.74) is 2.42. The van der Waals surface area contributed by atoms with Gasteiger partial charge in [-0.15, -0.1) is 5.10 Å². The molecule has 0 aliphatic carbocycles. The first-order valence-corrected chi connectivity index (χ1v) is 6.92. The highest BCUT2D eigenvalue weighted by Crippen LogP contribution is 2.22. The summed E-state index contributed by atoms with van der Waals surface area (Å²) in [6, 6.07) is 2.22. The van der Waals surface area contributed by atoms with Crippen LogP contribution in [-0.2, 0) is 12.8 Å². The molecule has 1 N–H and O–H groups in total. The van der Waals surface area contributed by atoms with Crippen LogP contribution < -0.4 is 10.1 Å². The van der Waals surface area contributed by atoms with Crippen molar-refractivity contribution in [3.63, 3.8) is 0 Å². The summed E-state index contributed by atoms with van der Waals surface area (Å²) in [5.74, 6) is 0.896.